The molecule has 20 heavy (non-hydrogen) atoms. The Balaban J connectivity index is 2.17. The number of hydrogen-bond acceptors (Lipinski definition) is 3. The maximum absolute atomic E-state index is 9.23. The smallest absolute Gasteiger partial charge is 0.134 e. The van der Waals surface area contributed by atoms with E-state index < -0.39 is 0 Å². The first-order valence-corrected chi connectivity index (χ1v) is 7.24. The van der Waals surface area contributed by atoms with Gasteiger partial charge in [0, 0.05) is 30.1 Å². The van der Waals surface area contributed by atoms with Gasteiger partial charge in [-0.3, -0.25) is 0 Å². The zero-order valence-electron chi connectivity index (χ0n) is 12.9. The van der Waals surface area contributed by atoms with E-state index >= 15 is 0 Å². The second kappa shape index (κ2) is 5.98. The zero-order chi connectivity index (χ0) is 14.8. The van der Waals surface area contributed by atoms with Crippen LogP contribution >= 0.6 is 0 Å². The van der Waals surface area contributed by atoms with Crippen molar-refractivity contribution in [1.29, 1.82) is 0 Å². The van der Waals surface area contributed by atoms with E-state index in [1.54, 1.807) is 0 Å². The van der Waals surface area contributed by atoms with Crippen LogP contribution in [0.25, 0.3) is 11.0 Å². The molecule has 0 aliphatic carbocycles. The standard InChI is InChI=1S/C17H25NO2/c1-12-14(13-7-5-6-8-15(13)20-12)11-18-16(9-10-19)17(2,3)4/h5-8,16,18-19H,9-11H2,1-4H3. The molecule has 0 saturated heterocycles. The summed E-state index contributed by atoms with van der Waals surface area (Å²) in [4.78, 5) is 0. The highest BCUT2D eigenvalue weighted by Gasteiger charge is 2.24. The molecule has 0 fully saturated rings. The van der Waals surface area contributed by atoms with Gasteiger partial charge in [-0.2, -0.15) is 0 Å². The second-order valence-electron chi connectivity index (χ2n) is 6.44. The van der Waals surface area contributed by atoms with E-state index in [0.717, 1.165) is 24.3 Å². The molecular formula is C17H25NO2. The number of para-hydroxylation sites is 1. The largest absolute Gasteiger partial charge is 0.461 e. The summed E-state index contributed by atoms with van der Waals surface area (Å²) in [6.45, 7) is 9.57. The fraction of sp³-hybridized carbons (Fsp3) is 0.529. The third kappa shape index (κ3) is 3.22. The number of aliphatic hydroxyl groups is 1. The van der Waals surface area contributed by atoms with Crippen LogP contribution in [0.3, 0.4) is 0 Å². The first-order chi connectivity index (χ1) is 9.43. The van der Waals surface area contributed by atoms with E-state index in [1.165, 1.54) is 10.9 Å². The summed E-state index contributed by atoms with van der Waals surface area (Å²) < 4.78 is 5.79. The Bertz CT molecular complexity index is 566. The fourth-order valence-electron chi connectivity index (χ4n) is 2.64. The van der Waals surface area contributed by atoms with Crippen LogP contribution in [0.2, 0.25) is 0 Å². The SMILES string of the molecule is Cc1oc2ccccc2c1CNC(CCO)C(C)(C)C. The number of fused-ring (bicyclic) bond motifs is 1. The number of nitrogens with one attached hydrogen (secondary N) is 1. The summed E-state index contributed by atoms with van der Waals surface area (Å²) in [7, 11) is 0. The Morgan fingerprint density at radius 2 is 1.95 bits per heavy atom. The molecule has 0 aliphatic heterocycles. The van der Waals surface area contributed by atoms with Crippen molar-refractivity contribution in [2.24, 2.45) is 5.41 Å². The Morgan fingerprint density at radius 3 is 2.60 bits per heavy atom. The van der Waals surface area contributed by atoms with Gasteiger partial charge in [-0.25, -0.2) is 0 Å². The predicted octanol–water partition coefficient (Wildman–Crippen LogP) is 3.63. The molecular weight excluding hydrogens is 250 g/mol. The molecule has 3 heteroatoms. The lowest BCUT2D eigenvalue weighted by Crippen LogP contribution is -2.40. The van der Waals surface area contributed by atoms with Crippen LogP contribution in [0.4, 0.5) is 0 Å². The molecule has 1 atom stereocenters. The summed E-state index contributed by atoms with van der Waals surface area (Å²) in [6.07, 6.45) is 0.762. The van der Waals surface area contributed by atoms with Crippen molar-refractivity contribution in [2.75, 3.05) is 6.61 Å². The summed E-state index contributed by atoms with van der Waals surface area (Å²) >= 11 is 0. The third-order valence-corrected chi connectivity index (χ3v) is 3.89. The van der Waals surface area contributed by atoms with Crippen molar-refractivity contribution >= 4 is 11.0 Å². The molecule has 1 aromatic heterocycles. The highest BCUT2D eigenvalue weighted by atomic mass is 16.3. The topological polar surface area (TPSA) is 45.4 Å². The summed E-state index contributed by atoms with van der Waals surface area (Å²) in [5.74, 6) is 0.968. The molecule has 0 aliphatic rings. The quantitative estimate of drug-likeness (QED) is 0.876. The average Bonchev–Trinajstić information content (AvgIpc) is 2.69. The molecule has 0 saturated carbocycles. The second-order valence-corrected chi connectivity index (χ2v) is 6.44. The van der Waals surface area contributed by atoms with Gasteiger partial charge in [0.25, 0.3) is 0 Å². The van der Waals surface area contributed by atoms with Crippen LogP contribution in [0.5, 0.6) is 0 Å². The maximum atomic E-state index is 9.23. The van der Waals surface area contributed by atoms with Gasteiger partial charge in [0.05, 0.1) is 0 Å². The number of hydrogen-bond donors (Lipinski definition) is 2. The maximum Gasteiger partial charge on any atom is 0.134 e. The molecule has 0 amide bonds. The van der Waals surface area contributed by atoms with Gasteiger partial charge < -0.3 is 14.8 Å². The van der Waals surface area contributed by atoms with E-state index in [-0.39, 0.29) is 18.1 Å². The molecule has 110 valence electrons. The number of benzene rings is 1. The molecule has 3 nitrogen and oxygen atoms in total. The Morgan fingerprint density at radius 1 is 1.25 bits per heavy atom. The van der Waals surface area contributed by atoms with Gasteiger partial charge in [-0.15, -0.1) is 0 Å². The van der Waals surface area contributed by atoms with Crippen LogP contribution in [0.15, 0.2) is 28.7 Å². The highest BCUT2D eigenvalue weighted by molar-refractivity contribution is 5.82. The molecule has 2 N–H and O–H groups in total. The van der Waals surface area contributed by atoms with E-state index in [0.29, 0.717) is 0 Å². The van der Waals surface area contributed by atoms with Crippen molar-refractivity contribution < 1.29 is 9.52 Å². The Labute approximate surface area is 121 Å². The van der Waals surface area contributed by atoms with Gasteiger partial charge in [0.2, 0.25) is 0 Å². The van der Waals surface area contributed by atoms with Gasteiger partial charge in [0.15, 0.2) is 0 Å². The summed E-state index contributed by atoms with van der Waals surface area (Å²) in [5, 5.41) is 14.0. The molecule has 0 bridgehead atoms. The zero-order valence-corrected chi connectivity index (χ0v) is 12.9. The van der Waals surface area contributed by atoms with E-state index in [2.05, 4.69) is 32.2 Å². The van der Waals surface area contributed by atoms with Gasteiger partial charge >= 0.3 is 0 Å². The van der Waals surface area contributed by atoms with Crippen LogP contribution < -0.4 is 5.32 Å². The molecule has 0 radical (unpaired) electrons. The predicted molar refractivity (Wildman–Crippen MR) is 82.7 cm³/mol. The molecule has 1 unspecified atom stereocenters. The van der Waals surface area contributed by atoms with Gasteiger partial charge in [-0.05, 0) is 24.8 Å². The first-order valence-electron chi connectivity index (χ1n) is 7.24. The van der Waals surface area contributed by atoms with Crippen molar-refractivity contribution in [3.8, 4) is 0 Å². The van der Waals surface area contributed by atoms with E-state index in [1.807, 2.05) is 25.1 Å². The summed E-state index contributed by atoms with van der Waals surface area (Å²) in [6, 6.07) is 8.41. The fourth-order valence-corrected chi connectivity index (χ4v) is 2.64. The van der Waals surface area contributed by atoms with Gasteiger partial charge in [0.1, 0.15) is 11.3 Å². The average molecular weight is 275 g/mol. The van der Waals surface area contributed by atoms with Crippen LogP contribution in [-0.2, 0) is 6.54 Å². The van der Waals surface area contributed by atoms with Crippen molar-refractivity contribution in [3.05, 3.63) is 35.6 Å². The minimum atomic E-state index is 0.121. The lowest BCUT2D eigenvalue weighted by Gasteiger charge is -2.31. The van der Waals surface area contributed by atoms with E-state index in [4.69, 9.17) is 4.42 Å². The number of aryl methyl sites for hydroxylation is 1. The molecule has 2 rings (SSSR count). The number of aliphatic hydroxyl groups excluding tert-OH is 1. The molecule has 2 aromatic rings. The van der Waals surface area contributed by atoms with Crippen LogP contribution in [0, 0.1) is 12.3 Å². The van der Waals surface area contributed by atoms with Crippen LogP contribution in [0.1, 0.15) is 38.5 Å². The third-order valence-electron chi connectivity index (χ3n) is 3.89. The number of furan rings is 1. The summed E-state index contributed by atoms with van der Waals surface area (Å²) in [5.41, 5.74) is 2.28. The van der Waals surface area contributed by atoms with Crippen LogP contribution in [-0.4, -0.2) is 17.8 Å². The minimum Gasteiger partial charge on any atom is -0.461 e. The normalized spacial score (nSPS) is 13.8. The number of rotatable bonds is 5. The van der Waals surface area contributed by atoms with Crippen molar-refractivity contribution in [3.63, 3.8) is 0 Å². The van der Waals surface area contributed by atoms with Crippen molar-refractivity contribution in [2.45, 2.75) is 46.7 Å². The Hall–Kier alpha value is -1.32. The van der Waals surface area contributed by atoms with Gasteiger partial charge in [-0.1, -0.05) is 39.0 Å². The van der Waals surface area contributed by atoms with Crippen molar-refractivity contribution in [1.82, 2.24) is 5.32 Å². The Kier molecular flexibility index (Phi) is 4.51. The first kappa shape index (κ1) is 15.1. The monoisotopic (exact) mass is 275 g/mol. The minimum absolute atomic E-state index is 0.121. The molecule has 1 aromatic carbocycles. The highest BCUT2D eigenvalue weighted by Crippen LogP contribution is 2.27. The van der Waals surface area contributed by atoms with E-state index in [9.17, 15) is 5.11 Å². The molecule has 1 heterocycles. The lowest BCUT2D eigenvalue weighted by molar-refractivity contribution is 0.196. The lowest BCUT2D eigenvalue weighted by atomic mass is 9.85. The molecule has 0 spiro atoms.